The van der Waals surface area contributed by atoms with Crippen molar-refractivity contribution in [2.45, 2.75) is 0 Å². The van der Waals surface area contributed by atoms with Gasteiger partial charge in [-0.2, -0.15) is 0 Å². The molecular formula is C14H12N2O2. The van der Waals surface area contributed by atoms with Gasteiger partial charge in [0.2, 0.25) is 0 Å². The molecule has 4 nitrogen and oxygen atoms in total. The van der Waals surface area contributed by atoms with Gasteiger partial charge in [0, 0.05) is 6.07 Å². The smallest absolute Gasteiger partial charge is 0.292 e. The number of nitro benzene ring substituents is 1. The fraction of sp³-hybridized carbons (Fsp3) is 0. The highest BCUT2D eigenvalue weighted by atomic mass is 16.6. The van der Waals surface area contributed by atoms with Crippen molar-refractivity contribution in [1.29, 1.82) is 0 Å². The zero-order chi connectivity index (χ0) is 13.0. The fourth-order valence-electron chi connectivity index (χ4n) is 1.58. The molecule has 0 saturated carbocycles. The number of nitrogen functional groups attached to an aromatic ring is 1. The fourth-order valence-corrected chi connectivity index (χ4v) is 1.58. The van der Waals surface area contributed by atoms with E-state index in [0.29, 0.717) is 0 Å². The number of benzene rings is 2. The van der Waals surface area contributed by atoms with Crippen LogP contribution in [0.3, 0.4) is 0 Å². The molecule has 0 bridgehead atoms. The van der Waals surface area contributed by atoms with Gasteiger partial charge in [-0.05, 0) is 17.2 Å². The van der Waals surface area contributed by atoms with Gasteiger partial charge in [-0.25, -0.2) is 0 Å². The van der Waals surface area contributed by atoms with Gasteiger partial charge in [0.1, 0.15) is 5.69 Å². The Morgan fingerprint density at radius 2 is 1.67 bits per heavy atom. The lowest BCUT2D eigenvalue weighted by molar-refractivity contribution is -0.383. The molecule has 90 valence electrons. The third-order valence-corrected chi connectivity index (χ3v) is 2.52. The van der Waals surface area contributed by atoms with Crippen molar-refractivity contribution >= 4 is 23.5 Å². The van der Waals surface area contributed by atoms with Crippen molar-refractivity contribution in [3.05, 3.63) is 69.8 Å². The van der Waals surface area contributed by atoms with E-state index in [1.54, 1.807) is 12.1 Å². The van der Waals surface area contributed by atoms with Gasteiger partial charge in [-0.15, -0.1) is 0 Å². The number of rotatable bonds is 3. The quantitative estimate of drug-likeness (QED) is 0.387. The van der Waals surface area contributed by atoms with E-state index < -0.39 is 4.92 Å². The van der Waals surface area contributed by atoms with Crippen molar-refractivity contribution in [3.8, 4) is 0 Å². The van der Waals surface area contributed by atoms with Crippen LogP contribution in [0.25, 0.3) is 12.2 Å². The summed E-state index contributed by atoms with van der Waals surface area (Å²) in [5, 5.41) is 10.7. The molecular weight excluding hydrogens is 228 g/mol. The van der Waals surface area contributed by atoms with Gasteiger partial charge >= 0.3 is 0 Å². The summed E-state index contributed by atoms with van der Waals surface area (Å²) in [5.41, 5.74) is 7.43. The third kappa shape index (κ3) is 2.74. The van der Waals surface area contributed by atoms with E-state index >= 15 is 0 Å². The summed E-state index contributed by atoms with van der Waals surface area (Å²) < 4.78 is 0. The second kappa shape index (κ2) is 5.14. The molecule has 2 N–H and O–H groups in total. The minimum Gasteiger partial charge on any atom is -0.393 e. The number of nitrogens with two attached hydrogens (primary N) is 1. The number of hydrogen-bond donors (Lipinski definition) is 1. The molecule has 0 aliphatic carbocycles. The Morgan fingerprint density at radius 3 is 2.33 bits per heavy atom. The summed E-state index contributed by atoms with van der Waals surface area (Å²) >= 11 is 0. The lowest BCUT2D eigenvalue weighted by Crippen LogP contribution is -1.95. The second-order valence-electron chi connectivity index (χ2n) is 3.82. The minimum atomic E-state index is -0.477. The largest absolute Gasteiger partial charge is 0.393 e. The average Bonchev–Trinajstić information content (AvgIpc) is 2.38. The van der Waals surface area contributed by atoms with E-state index in [2.05, 4.69) is 0 Å². The molecule has 2 aromatic carbocycles. The Hall–Kier alpha value is -2.62. The molecule has 0 radical (unpaired) electrons. The van der Waals surface area contributed by atoms with E-state index in [1.807, 2.05) is 42.5 Å². The predicted octanol–water partition coefficient (Wildman–Crippen LogP) is 3.35. The molecule has 0 aliphatic heterocycles. The van der Waals surface area contributed by atoms with Crippen molar-refractivity contribution < 1.29 is 4.92 Å². The summed E-state index contributed by atoms with van der Waals surface area (Å²) in [7, 11) is 0. The first-order chi connectivity index (χ1) is 8.66. The van der Waals surface area contributed by atoms with Gasteiger partial charge in [0.25, 0.3) is 5.69 Å². The highest BCUT2D eigenvalue weighted by Gasteiger charge is 2.10. The van der Waals surface area contributed by atoms with Crippen LogP contribution in [0.2, 0.25) is 0 Å². The standard InChI is InChI=1S/C14H12N2O2/c15-13-9-8-12(10-14(13)16(17)18)7-6-11-4-2-1-3-5-11/h1-10H,15H2/b7-6+. The van der Waals surface area contributed by atoms with Crippen LogP contribution in [0.4, 0.5) is 11.4 Å². The topological polar surface area (TPSA) is 69.2 Å². The van der Waals surface area contributed by atoms with Crippen molar-refractivity contribution in [2.24, 2.45) is 0 Å². The monoisotopic (exact) mass is 240 g/mol. The van der Waals surface area contributed by atoms with Gasteiger partial charge in [0.15, 0.2) is 0 Å². The van der Waals surface area contributed by atoms with E-state index in [9.17, 15) is 10.1 Å². The molecule has 0 heterocycles. The van der Waals surface area contributed by atoms with Crippen LogP contribution in [0.1, 0.15) is 11.1 Å². The van der Waals surface area contributed by atoms with E-state index in [1.165, 1.54) is 6.07 Å². The summed E-state index contributed by atoms with van der Waals surface area (Å²) in [6, 6.07) is 14.5. The lowest BCUT2D eigenvalue weighted by Gasteiger charge is -1.98. The SMILES string of the molecule is Nc1ccc(/C=C/c2ccccc2)cc1[N+](=O)[O-]. The Bertz CT molecular complexity index is 592. The molecule has 0 amide bonds. The molecule has 0 unspecified atom stereocenters. The Kier molecular flexibility index (Phi) is 3.38. The van der Waals surface area contributed by atoms with Crippen LogP contribution in [0.15, 0.2) is 48.5 Å². The number of anilines is 1. The molecule has 0 aromatic heterocycles. The van der Waals surface area contributed by atoms with Gasteiger partial charge in [-0.1, -0.05) is 48.6 Å². The molecule has 4 heteroatoms. The number of hydrogen-bond acceptors (Lipinski definition) is 3. The van der Waals surface area contributed by atoms with E-state index in [0.717, 1.165) is 11.1 Å². The van der Waals surface area contributed by atoms with Crippen LogP contribution < -0.4 is 5.73 Å². The first kappa shape index (κ1) is 11.9. The molecule has 0 saturated heterocycles. The van der Waals surface area contributed by atoms with Crippen LogP contribution in [0, 0.1) is 10.1 Å². The van der Waals surface area contributed by atoms with Crippen LogP contribution in [0.5, 0.6) is 0 Å². The first-order valence-electron chi connectivity index (χ1n) is 5.44. The van der Waals surface area contributed by atoms with Gasteiger partial charge in [0.05, 0.1) is 4.92 Å². The molecule has 0 spiro atoms. The second-order valence-corrected chi connectivity index (χ2v) is 3.82. The summed E-state index contributed by atoms with van der Waals surface area (Å²) in [5.74, 6) is 0. The van der Waals surface area contributed by atoms with Gasteiger partial charge < -0.3 is 5.73 Å². The Morgan fingerprint density at radius 1 is 1.00 bits per heavy atom. The molecule has 0 atom stereocenters. The maximum atomic E-state index is 10.7. The molecule has 2 aromatic rings. The lowest BCUT2D eigenvalue weighted by atomic mass is 10.1. The zero-order valence-electron chi connectivity index (χ0n) is 9.61. The Balaban J connectivity index is 2.28. The first-order valence-corrected chi connectivity index (χ1v) is 5.44. The van der Waals surface area contributed by atoms with E-state index in [-0.39, 0.29) is 11.4 Å². The van der Waals surface area contributed by atoms with Crippen LogP contribution in [-0.4, -0.2) is 4.92 Å². The third-order valence-electron chi connectivity index (χ3n) is 2.52. The molecule has 18 heavy (non-hydrogen) atoms. The summed E-state index contributed by atoms with van der Waals surface area (Å²) in [6.07, 6.45) is 3.72. The maximum Gasteiger partial charge on any atom is 0.292 e. The van der Waals surface area contributed by atoms with E-state index in [4.69, 9.17) is 5.73 Å². The average molecular weight is 240 g/mol. The van der Waals surface area contributed by atoms with Crippen LogP contribution >= 0.6 is 0 Å². The van der Waals surface area contributed by atoms with Crippen molar-refractivity contribution in [3.63, 3.8) is 0 Å². The Labute approximate surface area is 105 Å². The van der Waals surface area contributed by atoms with Gasteiger partial charge in [-0.3, -0.25) is 10.1 Å². The number of nitrogens with zero attached hydrogens (tertiary/aromatic N) is 1. The normalized spacial score (nSPS) is 10.7. The zero-order valence-corrected chi connectivity index (χ0v) is 9.61. The summed E-state index contributed by atoms with van der Waals surface area (Å²) in [6.45, 7) is 0. The predicted molar refractivity (Wildman–Crippen MR) is 72.9 cm³/mol. The highest BCUT2D eigenvalue weighted by molar-refractivity contribution is 5.73. The highest BCUT2D eigenvalue weighted by Crippen LogP contribution is 2.23. The number of nitro groups is 1. The maximum absolute atomic E-state index is 10.7. The minimum absolute atomic E-state index is 0.0646. The molecule has 0 fully saturated rings. The van der Waals surface area contributed by atoms with Crippen LogP contribution in [-0.2, 0) is 0 Å². The molecule has 2 rings (SSSR count). The molecule has 0 aliphatic rings. The van der Waals surface area contributed by atoms with Crippen molar-refractivity contribution in [2.75, 3.05) is 5.73 Å². The van der Waals surface area contributed by atoms with Crippen molar-refractivity contribution in [1.82, 2.24) is 0 Å². The summed E-state index contributed by atoms with van der Waals surface area (Å²) in [4.78, 5) is 10.3.